The molecule has 12 heteroatoms. The summed E-state index contributed by atoms with van der Waals surface area (Å²) in [4.78, 5) is 0. The smallest absolute Gasteiger partial charge is 0.0943 e. The monoisotopic (exact) mass is 580 g/mol. The lowest BCUT2D eigenvalue weighted by atomic mass is 10.2. The van der Waals surface area contributed by atoms with E-state index in [1.807, 2.05) is 0 Å². The van der Waals surface area contributed by atoms with Gasteiger partial charge in [0.05, 0.1) is 5.03 Å². The predicted octanol–water partition coefficient (Wildman–Crippen LogP) is 8.08. The van der Waals surface area contributed by atoms with Crippen LogP contribution in [0.5, 0.6) is 0 Å². The normalized spacial score (nSPS) is 16.7. The lowest BCUT2D eigenvalue weighted by molar-refractivity contribution is 0.645. The molecule has 0 heterocycles. The standard InChI is InChI=1S/C6Br2Cl10/c7-2(10)1(9)3(11,12)4(13,14)5(15,16)6(8,17)18. The van der Waals surface area contributed by atoms with Gasteiger partial charge in [-0.25, -0.2) is 0 Å². The summed E-state index contributed by atoms with van der Waals surface area (Å²) < 4.78 is -8.91. The molecule has 0 atom stereocenters. The first-order valence-electron chi connectivity index (χ1n) is 3.52. The van der Waals surface area contributed by atoms with E-state index >= 15 is 0 Å². The molecule has 0 aliphatic heterocycles. The SMILES string of the molecule is ClC(Br)=C(Cl)C(Cl)(Cl)C(Cl)(Cl)C(Cl)(Cl)C(Cl)(Cl)Br. The zero-order chi connectivity index (χ0) is 15.2. The van der Waals surface area contributed by atoms with Crippen molar-refractivity contribution >= 4 is 148 Å². The fourth-order valence-electron chi connectivity index (χ4n) is 0.632. The summed E-state index contributed by atoms with van der Waals surface area (Å²) in [6.45, 7) is 0. The van der Waals surface area contributed by atoms with Crippen molar-refractivity contribution in [1.29, 1.82) is 0 Å². The van der Waals surface area contributed by atoms with Gasteiger partial charge in [0.25, 0.3) is 0 Å². The van der Waals surface area contributed by atoms with E-state index < -0.39 is 16.2 Å². The van der Waals surface area contributed by atoms with Crippen LogP contribution in [0, 0.1) is 0 Å². The lowest BCUT2D eigenvalue weighted by Crippen LogP contribution is -2.56. The van der Waals surface area contributed by atoms with E-state index in [1.165, 1.54) is 0 Å². The number of hydrogen-bond donors (Lipinski definition) is 0. The Morgan fingerprint density at radius 3 is 1.28 bits per heavy atom. The third-order valence-corrected chi connectivity index (χ3v) is 9.15. The van der Waals surface area contributed by atoms with E-state index in [2.05, 4.69) is 31.9 Å². The van der Waals surface area contributed by atoms with Crippen molar-refractivity contribution in [2.24, 2.45) is 0 Å². The molecule has 0 aliphatic rings. The molecule has 0 rings (SSSR count). The van der Waals surface area contributed by atoms with Gasteiger partial charge in [-0.05, 0) is 31.9 Å². The van der Waals surface area contributed by atoms with E-state index in [9.17, 15) is 0 Å². The highest BCUT2D eigenvalue weighted by Crippen LogP contribution is 2.65. The molecule has 0 unspecified atom stereocenters. The molecule has 0 amide bonds. The van der Waals surface area contributed by atoms with Gasteiger partial charge in [-0.15, -0.1) is 0 Å². The molecule has 0 saturated carbocycles. The molecule has 0 aromatic heterocycles. The average Bonchev–Trinajstić information content (AvgIpc) is 2.13. The van der Waals surface area contributed by atoms with Gasteiger partial charge in [-0.3, -0.25) is 0 Å². The largest absolute Gasteiger partial charge is 0.207 e. The second kappa shape index (κ2) is 7.01. The maximum atomic E-state index is 5.98. The number of allylic oxidation sites excluding steroid dienone is 1. The number of alkyl halides is 9. The Bertz CT molecular complexity index is 350. The van der Waals surface area contributed by atoms with Gasteiger partial charge >= 0.3 is 0 Å². The van der Waals surface area contributed by atoms with E-state index in [0.29, 0.717) is 0 Å². The molecule has 18 heavy (non-hydrogen) atoms. The van der Waals surface area contributed by atoms with Crippen molar-refractivity contribution in [2.45, 2.75) is 16.2 Å². The minimum atomic E-state index is -2.33. The molecule has 0 nitrogen and oxygen atoms in total. The summed E-state index contributed by atoms with van der Waals surface area (Å²) in [6, 6.07) is 0. The first kappa shape index (κ1) is 21.6. The van der Waals surface area contributed by atoms with Crippen molar-refractivity contribution in [1.82, 2.24) is 0 Å². The van der Waals surface area contributed by atoms with Gasteiger partial charge < -0.3 is 0 Å². The Morgan fingerprint density at radius 2 is 1.06 bits per heavy atom. The fraction of sp³-hybridized carbons (Fsp3) is 0.667. The van der Waals surface area contributed by atoms with Crippen molar-refractivity contribution < 1.29 is 0 Å². The van der Waals surface area contributed by atoms with Crippen LogP contribution < -0.4 is 0 Å². The van der Waals surface area contributed by atoms with Crippen LogP contribution in [-0.2, 0) is 0 Å². The highest BCUT2D eigenvalue weighted by Gasteiger charge is 2.69. The maximum absolute atomic E-state index is 5.98. The molecule has 0 radical (unpaired) electrons. The molecule has 0 spiro atoms. The Balaban J connectivity index is 5.88. The lowest BCUT2D eigenvalue weighted by Gasteiger charge is -2.43. The van der Waals surface area contributed by atoms with Gasteiger partial charge in [0.1, 0.15) is 3.94 Å². The second-order valence-electron chi connectivity index (χ2n) is 2.80. The molecular formula is C6Br2Cl10. The minimum absolute atomic E-state index is 0.145. The summed E-state index contributed by atoms with van der Waals surface area (Å²) in [6.07, 6.45) is 0. The molecule has 0 aromatic carbocycles. The van der Waals surface area contributed by atoms with Gasteiger partial charge in [-0.2, -0.15) is 0 Å². The Morgan fingerprint density at radius 1 is 0.722 bits per heavy atom. The summed E-state index contributed by atoms with van der Waals surface area (Å²) in [5, 5.41) is -0.353. The molecule has 0 N–H and O–H groups in total. The topological polar surface area (TPSA) is 0 Å². The van der Waals surface area contributed by atoms with E-state index in [0.717, 1.165) is 0 Å². The molecular weight excluding hydrogens is 586 g/mol. The number of rotatable bonds is 4. The third-order valence-electron chi connectivity index (χ3n) is 1.59. The first-order chi connectivity index (χ1) is 7.60. The Hall–Kier alpha value is 3.60. The van der Waals surface area contributed by atoms with Crippen molar-refractivity contribution in [2.75, 3.05) is 0 Å². The average molecular weight is 586 g/mol. The summed E-state index contributed by atoms with van der Waals surface area (Å²) >= 11 is 64.2. The molecule has 0 aromatic rings. The zero-order valence-corrected chi connectivity index (χ0v) is 18.3. The first-order valence-corrected chi connectivity index (χ1v) is 8.88. The Kier molecular flexibility index (Phi) is 8.41. The van der Waals surface area contributed by atoms with Gasteiger partial charge in [0, 0.05) is 0 Å². The summed E-state index contributed by atoms with van der Waals surface area (Å²) in [5.74, 6) is 0. The molecule has 0 saturated heterocycles. The van der Waals surface area contributed by atoms with Crippen molar-refractivity contribution in [3.05, 3.63) is 8.97 Å². The number of hydrogen-bond acceptors (Lipinski definition) is 0. The summed E-state index contributed by atoms with van der Waals surface area (Å²) in [5.41, 5.74) is 0. The second-order valence-corrected chi connectivity index (χ2v) is 12.2. The van der Waals surface area contributed by atoms with Crippen LogP contribution in [-0.4, -0.2) is 16.2 Å². The van der Waals surface area contributed by atoms with Gasteiger partial charge in [0.15, 0.2) is 13.0 Å². The zero-order valence-electron chi connectivity index (χ0n) is 7.54. The quantitative estimate of drug-likeness (QED) is 0.293. The van der Waals surface area contributed by atoms with Crippen LogP contribution in [0.15, 0.2) is 8.97 Å². The van der Waals surface area contributed by atoms with Crippen LogP contribution in [0.25, 0.3) is 0 Å². The van der Waals surface area contributed by atoms with Crippen LogP contribution in [0.1, 0.15) is 0 Å². The van der Waals surface area contributed by atoms with E-state index in [-0.39, 0.29) is 8.97 Å². The van der Waals surface area contributed by atoms with Crippen LogP contribution in [0.3, 0.4) is 0 Å². The molecule has 0 aliphatic carbocycles. The van der Waals surface area contributed by atoms with E-state index in [1.54, 1.807) is 0 Å². The van der Waals surface area contributed by atoms with Crippen LogP contribution >= 0.6 is 148 Å². The van der Waals surface area contributed by atoms with E-state index in [4.69, 9.17) is 116 Å². The maximum Gasteiger partial charge on any atom is 0.207 e. The van der Waals surface area contributed by atoms with Crippen molar-refractivity contribution in [3.63, 3.8) is 0 Å². The number of halogens is 12. The summed E-state index contributed by atoms with van der Waals surface area (Å²) in [7, 11) is 0. The predicted molar refractivity (Wildman–Crippen MR) is 94.3 cm³/mol. The third kappa shape index (κ3) is 4.11. The van der Waals surface area contributed by atoms with Crippen LogP contribution in [0.4, 0.5) is 0 Å². The van der Waals surface area contributed by atoms with Crippen LogP contribution in [0.2, 0.25) is 0 Å². The van der Waals surface area contributed by atoms with Gasteiger partial charge in [0.2, 0.25) is 3.24 Å². The highest BCUT2D eigenvalue weighted by atomic mass is 79.9. The fourth-order valence-corrected chi connectivity index (χ4v) is 4.06. The van der Waals surface area contributed by atoms with Gasteiger partial charge in [-0.1, -0.05) is 116 Å². The minimum Gasteiger partial charge on any atom is -0.0943 e. The molecule has 0 fully saturated rings. The molecule has 0 bridgehead atoms. The highest BCUT2D eigenvalue weighted by molar-refractivity contribution is 9.12. The van der Waals surface area contributed by atoms with Crippen molar-refractivity contribution in [3.8, 4) is 0 Å². The molecule has 108 valence electrons. The Labute approximate surface area is 171 Å².